The molecule has 1 aromatic carbocycles. The minimum Gasteiger partial charge on any atom is -0.480 e. The number of aryl methyl sites for hydroxylation is 2. The Morgan fingerprint density at radius 3 is 2.57 bits per heavy atom. The van der Waals surface area contributed by atoms with Gasteiger partial charge >= 0.3 is 5.97 Å². The Bertz CT molecular complexity index is 536. The van der Waals surface area contributed by atoms with Gasteiger partial charge in [0, 0.05) is 22.4 Å². The van der Waals surface area contributed by atoms with Gasteiger partial charge in [-0.2, -0.15) is 0 Å². The van der Waals surface area contributed by atoms with Crippen molar-refractivity contribution in [1.82, 2.24) is 5.32 Å². The van der Waals surface area contributed by atoms with Crippen LogP contribution in [0.2, 0.25) is 0 Å². The summed E-state index contributed by atoms with van der Waals surface area (Å²) < 4.78 is 1.02. The van der Waals surface area contributed by atoms with Crippen molar-refractivity contribution < 1.29 is 19.8 Å². The van der Waals surface area contributed by atoms with Crippen LogP contribution in [-0.4, -0.2) is 40.5 Å². The lowest BCUT2D eigenvalue weighted by Crippen LogP contribution is -2.42. The van der Waals surface area contributed by atoms with Crippen molar-refractivity contribution in [3.8, 4) is 0 Å². The lowest BCUT2D eigenvalue weighted by molar-refractivity contribution is -0.141. The number of carboxylic acid groups (broad SMARTS) is 1. The van der Waals surface area contributed by atoms with Crippen molar-refractivity contribution in [3.05, 3.63) is 27.7 Å². The second kappa shape index (κ2) is 8.41. The summed E-state index contributed by atoms with van der Waals surface area (Å²) in [5, 5.41) is 20.1. The zero-order valence-electron chi connectivity index (χ0n) is 11.9. The third-order valence-corrected chi connectivity index (χ3v) is 4.88. The molecule has 21 heavy (non-hydrogen) atoms. The van der Waals surface area contributed by atoms with E-state index in [1.54, 1.807) is 0 Å². The van der Waals surface area contributed by atoms with E-state index >= 15 is 0 Å². The number of carbonyl (C=O) groups is 2. The number of thioether (sulfide) groups is 1. The fourth-order valence-electron chi connectivity index (χ4n) is 1.68. The normalized spacial score (nSPS) is 12.0. The highest BCUT2D eigenvalue weighted by molar-refractivity contribution is 9.10. The van der Waals surface area contributed by atoms with E-state index in [0.29, 0.717) is 0 Å². The highest BCUT2D eigenvalue weighted by Crippen LogP contribution is 2.28. The zero-order chi connectivity index (χ0) is 16.0. The van der Waals surface area contributed by atoms with Gasteiger partial charge in [0.2, 0.25) is 5.91 Å². The number of benzene rings is 1. The highest BCUT2D eigenvalue weighted by atomic mass is 79.9. The van der Waals surface area contributed by atoms with Crippen molar-refractivity contribution >= 4 is 39.6 Å². The van der Waals surface area contributed by atoms with Crippen LogP contribution in [0.4, 0.5) is 0 Å². The van der Waals surface area contributed by atoms with Crippen LogP contribution in [0.1, 0.15) is 17.5 Å². The third kappa shape index (κ3) is 5.68. The van der Waals surface area contributed by atoms with Gasteiger partial charge in [-0.1, -0.05) is 15.9 Å². The molecule has 3 N–H and O–H groups in total. The van der Waals surface area contributed by atoms with Gasteiger partial charge in [0.15, 0.2) is 0 Å². The Hall–Kier alpha value is -1.05. The molecule has 0 fully saturated rings. The van der Waals surface area contributed by atoms with E-state index in [1.807, 2.05) is 26.0 Å². The number of amides is 1. The number of hydrogen-bond acceptors (Lipinski definition) is 4. The second-order valence-corrected chi connectivity index (χ2v) is 6.50. The summed E-state index contributed by atoms with van der Waals surface area (Å²) in [6.45, 7) is 3.64. The van der Waals surface area contributed by atoms with Crippen molar-refractivity contribution in [2.24, 2.45) is 0 Å². The molecule has 0 aromatic heterocycles. The minimum absolute atomic E-state index is 0.00214. The fourth-order valence-corrected chi connectivity index (χ4v) is 3.05. The molecule has 5 nitrogen and oxygen atoms in total. The molecule has 0 aliphatic carbocycles. The number of nitrogens with one attached hydrogen (secondary N) is 1. The molecule has 0 spiro atoms. The molecule has 0 bridgehead atoms. The van der Waals surface area contributed by atoms with E-state index in [2.05, 4.69) is 21.2 Å². The van der Waals surface area contributed by atoms with Crippen molar-refractivity contribution in [1.29, 1.82) is 0 Å². The number of aliphatic hydroxyl groups excluding tert-OH is 1. The van der Waals surface area contributed by atoms with E-state index < -0.39 is 12.0 Å². The summed E-state index contributed by atoms with van der Waals surface area (Å²) in [5.74, 6) is -1.36. The molecule has 0 saturated heterocycles. The largest absolute Gasteiger partial charge is 0.480 e. The van der Waals surface area contributed by atoms with Crippen LogP contribution in [-0.2, 0) is 9.59 Å². The highest BCUT2D eigenvalue weighted by Gasteiger charge is 2.19. The van der Waals surface area contributed by atoms with Gasteiger partial charge in [-0.15, -0.1) is 11.8 Å². The Kier molecular flexibility index (Phi) is 7.21. The predicted octanol–water partition coefficient (Wildman–Crippen LogP) is 2.11. The van der Waals surface area contributed by atoms with Crippen molar-refractivity contribution in [2.45, 2.75) is 31.2 Å². The molecule has 0 aliphatic heterocycles. The molecular weight excluding hydrogens is 358 g/mol. The maximum absolute atomic E-state index is 11.8. The first-order valence-corrected chi connectivity index (χ1v) is 8.15. The standard InChI is InChI=1S/C14H18BrNO4S/c1-8-6-12(9(2)5-10(8)15)21-7-13(18)16-11(3-4-17)14(19)20/h5-6,11,17H,3-4,7H2,1-2H3,(H,16,18)(H,19,20). The monoisotopic (exact) mass is 375 g/mol. The molecule has 1 unspecified atom stereocenters. The SMILES string of the molecule is Cc1cc(SCC(=O)NC(CCO)C(=O)O)c(C)cc1Br. The Morgan fingerprint density at radius 2 is 2.00 bits per heavy atom. The van der Waals surface area contributed by atoms with E-state index in [0.717, 1.165) is 20.5 Å². The van der Waals surface area contributed by atoms with Crippen molar-refractivity contribution in [2.75, 3.05) is 12.4 Å². The van der Waals surface area contributed by atoms with E-state index in [9.17, 15) is 9.59 Å². The van der Waals surface area contributed by atoms with E-state index in [4.69, 9.17) is 10.2 Å². The second-order valence-electron chi connectivity index (χ2n) is 4.63. The smallest absolute Gasteiger partial charge is 0.326 e. The Morgan fingerprint density at radius 1 is 1.33 bits per heavy atom. The van der Waals surface area contributed by atoms with Gasteiger partial charge < -0.3 is 15.5 Å². The summed E-state index contributed by atoms with van der Waals surface area (Å²) in [6.07, 6.45) is 0.00214. The van der Waals surface area contributed by atoms with Crippen LogP contribution in [0.3, 0.4) is 0 Å². The number of aliphatic carboxylic acids is 1. The Labute approximate surface area is 136 Å². The molecular formula is C14H18BrNO4S. The van der Waals surface area contributed by atoms with Gasteiger partial charge in [-0.3, -0.25) is 4.79 Å². The molecule has 7 heteroatoms. The van der Waals surface area contributed by atoms with Crippen LogP contribution in [0.25, 0.3) is 0 Å². The fraction of sp³-hybridized carbons (Fsp3) is 0.429. The number of aliphatic hydroxyl groups is 1. The summed E-state index contributed by atoms with van der Waals surface area (Å²) in [6, 6.07) is 2.93. The maximum atomic E-state index is 11.8. The maximum Gasteiger partial charge on any atom is 0.326 e. The van der Waals surface area contributed by atoms with Gasteiger partial charge in [-0.05, 0) is 37.1 Å². The zero-order valence-corrected chi connectivity index (χ0v) is 14.3. The first kappa shape index (κ1) is 18.0. The number of rotatable bonds is 7. The lowest BCUT2D eigenvalue weighted by atomic mass is 10.2. The van der Waals surface area contributed by atoms with Crippen LogP contribution < -0.4 is 5.32 Å². The van der Waals surface area contributed by atoms with Gasteiger partial charge in [-0.25, -0.2) is 4.79 Å². The van der Waals surface area contributed by atoms with Crippen LogP contribution in [0, 0.1) is 13.8 Å². The number of carbonyl (C=O) groups excluding carboxylic acids is 1. The predicted molar refractivity (Wildman–Crippen MR) is 85.6 cm³/mol. The molecule has 1 aromatic rings. The molecule has 116 valence electrons. The lowest BCUT2D eigenvalue weighted by Gasteiger charge is -2.13. The van der Waals surface area contributed by atoms with E-state index in [-0.39, 0.29) is 24.7 Å². The molecule has 0 saturated carbocycles. The molecule has 1 atom stereocenters. The summed E-state index contributed by atoms with van der Waals surface area (Å²) in [7, 11) is 0. The average Bonchev–Trinajstić information content (AvgIpc) is 2.40. The van der Waals surface area contributed by atoms with E-state index in [1.165, 1.54) is 11.8 Å². The average molecular weight is 376 g/mol. The van der Waals surface area contributed by atoms with Crippen LogP contribution in [0.5, 0.6) is 0 Å². The summed E-state index contributed by atoms with van der Waals surface area (Å²) in [5.41, 5.74) is 2.13. The Balaban J connectivity index is 2.60. The third-order valence-electron chi connectivity index (χ3n) is 2.87. The number of halogens is 1. The van der Waals surface area contributed by atoms with Crippen LogP contribution in [0.15, 0.2) is 21.5 Å². The van der Waals surface area contributed by atoms with Crippen molar-refractivity contribution in [3.63, 3.8) is 0 Å². The molecule has 0 radical (unpaired) electrons. The number of carboxylic acids is 1. The number of hydrogen-bond donors (Lipinski definition) is 3. The van der Waals surface area contributed by atoms with Crippen LogP contribution >= 0.6 is 27.7 Å². The minimum atomic E-state index is -1.14. The van der Waals surface area contributed by atoms with Gasteiger partial charge in [0.25, 0.3) is 0 Å². The van der Waals surface area contributed by atoms with Gasteiger partial charge in [0.05, 0.1) is 5.75 Å². The first-order chi connectivity index (χ1) is 9.85. The topological polar surface area (TPSA) is 86.6 Å². The molecule has 1 amide bonds. The van der Waals surface area contributed by atoms with Gasteiger partial charge in [0.1, 0.15) is 6.04 Å². The summed E-state index contributed by atoms with van der Waals surface area (Å²) >= 11 is 4.81. The molecule has 1 rings (SSSR count). The first-order valence-electron chi connectivity index (χ1n) is 6.37. The quantitative estimate of drug-likeness (QED) is 0.635. The molecule has 0 aliphatic rings. The summed E-state index contributed by atoms with van der Waals surface area (Å²) in [4.78, 5) is 23.7. The molecule has 0 heterocycles.